The zero-order chi connectivity index (χ0) is 11.4. The van der Waals surface area contributed by atoms with Gasteiger partial charge in [-0.25, -0.2) is 0 Å². The Hall–Kier alpha value is -0.870. The zero-order valence-electron chi connectivity index (χ0n) is 8.96. The van der Waals surface area contributed by atoms with Gasteiger partial charge in [-0.15, -0.1) is 0 Å². The molecule has 82 valence electrons. The molecular weight excluding hydrogens is 260 g/mol. The molecule has 0 amide bonds. The lowest BCUT2D eigenvalue weighted by atomic mass is 10.1. The minimum Gasteiger partial charge on any atom is -0.496 e. The summed E-state index contributed by atoms with van der Waals surface area (Å²) >= 11 is 3.35. The molecule has 0 heterocycles. The van der Waals surface area contributed by atoms with Crippen LogP contribution in [0.2, 0.25) is 0 Å². The Bertz CT molecular complexity index is 374. The molecule has 0 unspecified atom stereocenters. The fourth-order valence-electron chi connectivity index (χ4n) is 1.42. The van der Waals surface area contributed by atoms with Crippen molar-refractivity contribution in [2.45, 2.75) is 13.5 Å². The second-order valence-corrected chi connectivity index (χ2v) is 4.05. The molecular formula is C11H13BrO3. The van der Waals surface area contributed by atoms with Gasteiger partial charge < -0.3 is 9.47 Å². The van der Waals surface area contributed by atoms with Crippen LogP contribution >= 0.6 is 15.9 Å². The molecule has 0 aromatic heterocycles. The molecule has 1 aromatic rings. The average Bonchev–Trinajstić information content (AvgIpc) is 2.17. The number of hydrogen-bond donors (Lipinski definition) is 0. The monoisotopic (exact) mass is 272 g/mol. The topological polar surface area (TPSA) is 35.5 Å². The molecule has 0 aliphatic heterocycles. The molecule has 0 aliphatic carbocycles. The summed E-state index contributed by atoms with van der Waals surface area (Å²) in [4.78, 5) is 11.4. The molecule has 0 saturated carbocycles. The Labute approximate surface area is 97.5 Å². The first-order chi connectivity index (χ1) is 7.10. The Balaban J connectivity index is 3.31. The lowest BCUT2D eigenvalue weighted by Gasteiger charge is -2.12. The van der Waals surface area contributed by atoms with Crippen LogP contribution in [0.15, 0.2) is 16.6 Å². The molecule has 1 aromatic carbocycles. The van der Waals surface area contributed by atoms with Gasteiger partial charge in [0.1, 0.15) is 5.75 Å². The van der Waals surface area contributed by atoms with Gasteiger partial charge in [0.15, 0.2) is 5.78 Å². The predicted molar refractivity (Wildman–Crippen MR) is 61.4 cm³/mol. The maximum absolute atomic E-state index is 11.4. The van der Waals surface area contributed by atoms with Gasteiger partial charge in [0.05, 0.1) is 19.3 Å². The maximum atomic E-state index is 11.4. The van der Waals surface area contributed by atoms with Crippen LogP contribution in [0.1, 0.15) is 22.8 Å². The van der Waals surface area contributed by atoms with Crippen LogP contribution in [0.25, 0.3) is 0 Å². The van der Waals surface area contributed by atoms with Crippen LogP contribution in [0.3, 0.4) is 0 Å². The second-order valence-electron chi connectivity index (χ2n) is 3.13. The van der Waals surface area contributed by atoms with Crippen molar-refractivity contribution in [1.29, 1.82) is 0 Å². The molecule has 0 saturated heterocycles. The van der Waals surface area contributed by atoms with Crippen LogP contribution in [0.4, 0.5) is 0 Å². The van der Waals surface area contributed by atoms with Crippen molar-refractivity contribution in [3.63, 3.8) is 0 Å². The highest BCUT2D eigenvalue weighted by Crippen LogP contribution is 2.29. The Morgan fingerprint density at radius 1 is 1.40 bits per heavy atom. The summed E-state index contributed by atoms with van der Waals surface area (Å²) in [5.41, 5.74) is 1.43. The van der Waals surface area contributed by atoms with E-state index >= 15 is 0 Å². The van der Waals surface area contributed by atoms with Gasteiger partial charge >= 0.3 is 0 Å². The lowest BCUT2D eigenvalue weighted by Crippen LogP contribution is -2.02. The molecule has 0 N–H and O–H groups in total. The highest BCUT2D eigenvalue weighted by atomic mass is 79.9. The van der Waals surface area contributed by atoms with E-state index in [9.17, 15) is 4.79 Å². The summed E-state index contributed by atoms with van der Waals surface area (Å²) < 4.78 is 11.1. The van der Waals surface area contributed by atoms with Crippen molar-refractivity contribution >= 4 is 21.7 Å². The number of hydrogen-bond acceptors (Lipinski definition) is 3. The number of halogens is 1. The third-order valence-electron chi connectivity index (χ3n) is 2.01. The van der Waals surface area contributed by atoms with Crippen molar-refractivity contribution in [3.8, 4) is 5.75 Å². The van der Waals surface area contributed by atoms with E-state index < -0.39 is 0 Å². The number of methoxy groups -OCH3 is 2. The van der Waals surface area contributed by atoms with Crippen LogP contribution in [0, 0.1) is 0 Å². The van der Waals surface area contributed by atoms with Crippen LogP contribution in [-0.2, 0) is 11.3 Å². The number of rotatable bonds is 4. The molecule has 0 aliphatic rings. The zero-order valence-corrected chi connectivity index (χ0v) is 10.6. The fraction of sp³-hybridized carbons (Fsp3) is 0.364. The average molecular weight is 273 g/mol. The highest BCUT2D eigenvalue weighted by molar-refractivity contribution is 9.10. The van der Waals surface area contributed by atoms with Crippen LogP contribution < -0.4 is 4.74 Å². The van der Waals surface area contributed by atoms with E-state index in [1.165, 1.54) is 6.92 Å². The van der Waals surface area contributed by atoms with Crippen molar-refractivity contribution in [2.75, 3.05) is 14.2 Å². The van der Waals surface area contributed by atoms with Crippen molar-refractivity contribution < 1.29 is 14.3 Å². The van der Waals surface area contributed by atoms with Gasteiger partial charge in [-0.1, -0.05) is 15.9 Å². The van der Waals surface area contributed by atoms with Gasteiger partial charge in [0.25, 0.3) is 0 Å². The van der Waals surface area contributed by atoms with E-state index in [0.29, 0.717) is 17.9 Å². The third-order valence-corrected chi connectivity index (χ3v) is 2.47. The molecule has 0 spiro atoms. The first-order valence-corrected chi connectivity index (χ1v) is 5.25. The number of ketones is 1. The predicted octanol–water partition coefficient (Wildman–Crippen LogP) is 2.81. The molecule has 0 bridgehead atoms. The molecule has 3 nitrogen and oxygen atoms in total. The normalized spacial score (nSPS) is 10.1. The molecule has 0 atom stereocenters. The summed E-state index contributed by atoms with van der Waals surface area (Å²) in [7, 11) is 3.16. The molecule has 15 heavy (non-hydrogen) atoms. The quantitative estimate of drug-likeness (QED) is 0.791. The van der Waals surface area contributed by atoms with Gasteiger partial charge in [-0.3, -0.25) is 4.79 Å². The first kappa shape index (κ1) is 12.2. The van der Waals surface area contributed by atoms with Crippen molar-refractivity contribution in [3.05, 3.63) is 27.7 Å². The molecule has 0 fully saturated rings. The lowest BCUT2D eigenvalue weighted by molar-refractivity contribution is 0.101. The van der Waals surface area contributed by atoms with E-state index in [1.54, 1.807) is 20.3 Å². The number of carbonyl (C=O) groups excluding carboxylic acids is 1. The summed E-state index contributed by atoms with van der Waals surface area (Å²) in [5.74, 6) is 0.568. The number of ether oxygens (including phenoxy) is 2. The van der Waals surface area contributed by atoms with E-state index in [4.69, 9.17) is 9.47 Å². The van der Waals surface area contributed by atoms with Crippen LogP contribution in [0.5, 0.6) is 5.75 Å². The van der Waals surface area contributed by atoms with E-state index in [1.807, 2.05) is 6.07 Å². The summed E-state index contributed by atoms with van der Waals surface area (Å²) in [5, 5.41) is 0. The van der Waals surface area contributed by atoms with Gasteiger partial charge in [-0.2, -0.15) is 0 Å². The van der Waals surface area contributed by atoms with Crippen LogP contribution in [-0.4, -0.2) is 20.0 Å². The van der Waals surface area contributed by atoms with Gasteiger partial charge in [0.2, 0.25) is 0 Å². The largest absolute Gasteiger partial charge is 0.496 e. The third kappa shape index (κ3) is 2.79. The van der Waals surface area contributed by atoms with E-state index in [-0.39, 0.29) is 5.78 Å². The van der Waals surface area contributed by atoms with Gasteiger partial charge in [0, 0.05) is 17.1 Å². The first-order valence-electron chi connectivity index (χ1n) is 4.46. The second kappa shape index (κ2) is 5.28. The van der Waals surface area contributed by atoms with E-state index in [0.717, 1.165) is 10.0 Å². The Morgan fingerprint density at radius 2 is 2.07 bits per heavy atom. The number of Topliss-reactive ketones (excluding diaryl/α,β-unsaturated/α-hetero) is 1. The summed E-state index contributed by atoms with van der Waals surface area (Å²) in [6.07, 6.45) is 0. The SMILES string of the molecule is COCc1cc(Br)cc(C(C)=O)c1OC. The minimum absolute atomic E-state index is 0.0227. The standard InChI is InChI=1S/C11H13BrO3/c1-7(13)10-5-9(12)4-8(6-14-2)11(10)15-3/h4-5H,6H2,1-3H3. The fourth-order valence-corrected chi connectivity index (χ4v) is 1.92. The van der Waals surface area contributed by atoms with Gasteiger partial charge in [-0.05, 0) is 19.1 Å². The van der Waals surface area contributed by atoms with E-state index in [2.05, 4.69) is 15.9 Å². The molecule has 1 rings (SSSR count). The Morgan fingerprint density at radius 3 is 2.53 bits per heavy atom. The van der Waals surface area contributed by atoms with Crippen molar-refractivity contribution in [2.24, 2.45) is 0 Å². The summed E-state index contributed by atoms with van der Waals surface area (Å²) in [6.45, 7) is 1.93. The highest BCUT2D eigenvalue weighted by Gasteiger charge is 2.13. The minimum atomic E-state index is -0.0227. The Kier molecular flexibility index (Phi) is 4.29. The smallest absolute Gasteiger partial charge is 0.163 e. The van der Waals surface area contributed by atoms with Crippen molar-refractivity contribution in [1.82, 2.24) is 0 Å². The molecule has 4 heteroatoms. The summed E-state index contributed by atoms with van der Waals surface area (Å²) in [6, 6.07) is 3.63. The molecule has 0 radical (unpaired) electrons. The number of benzene rings is 1. The number of carbonyl (C=O) groups is 1. The maximum Gasteiger partial charge on any atom is 0.163 e.